The van der Waals surface area contributed by atoms with Gasteiger partial charge in [-0.15, -0.1) is 0 Å². The SMILES string of the molecule is CC(C)Cc1ccc(C(C)NC(=O)c2n[nH]c(=O)c3ccccc23)cc1. The summed E-state index contributed by atoms with van der Waals surface area (Å²) in [6.07, 6.45) is 1.04. The van der Waals surface area contributed by atoms with Crippen LogP contribution in [0.3, 0.4) is 0 Å². The van der Waals surface area contributed by atoms with Crippen molar-refractivity contribution in [1.29, 1.82) is 0 Å². The number of nitrogens with one attached hydrogen (secondary N) is 2. The summed E-state index contributed by atoms with van der Waals surface area (Å²) >= 11 is 0. The molecule has 3 aromatic rings. The first-order valence-electron chi connectivity index (χ1n) is 8.83. The van der Waals surface area contributed by atoms with Crippen LogP contribution in [0.4, 0.5) is 0 Å². The van der Waals surface area contributed by atoms with Gasteiger partial charge in [0.25, 0.3) is 11.5 Å². The van der Waals surface area contributed by atoms with Crippen molar-refractivity contribution in [1.82, 2.24) is 15.5 Å². The zero-order valence-electron chi connectivity index (χ0n) is 15.2. The minimum absolute atomic E-state index is 0.164. The molecule has 0 radical (unpaired) electrons. The summed E-state index contributed by atoms with van der Waals surface area (Å²) in [7, 11) is 0. The number of fused-ring (bicyclic) bond motifs is 1. The van der Waals surface area contributed by atoms with Gasteiger partial charge in [-0.05, 0) is 36.5 Å². The van der Waals surface area contributed by atoms with Crippen LogP contribution in [0.1, 0.15) is 48.4 Å². The zero-order chi connectivity index (χ0) is 18.7. The Kier molecular flexibility index (Phi) is 5.16. The molecule has 1 amide bonds. The van der Waals surface area contributed by atoms with Gasteiger partial charge in [-0.1, -0.05) is 56.3 Å². The molecular weight excluding hydrogens is 326 g/mol. The Bertz CT molecular complexity index is 974. The van der Waals surface area contributed by atoms with Gasteiger partial charge in [0.2, 0.25) is 0 Å². The molecule has 2 N–H and O–H groups in total. The van der Waals surface area contributed by atoms with E-state index in [-0.39, 0.29) is 23.2 Å². The molecule has 1 atom stereocenters. The molecule has 0 aliphatic heterocycles. The Morgan fingerprint density at radius 1 is 1.04 bits per heavy atom. The number of hydrogen-bond donors (Lipinski definition) is 2. The monoisotopic (exact) mass is 349 g/mol. The minimum Gasteiger partial charge on any atom is -0.344 e. The van der Waals surface area contributed by atoms with Gasteiger partial charge in [0, 0.05) is 5.39 Å². The molecule has 134 valence electrons. The quantitative estimate of drug-likeness (QED) is 0.739. The van der Waals surface area contributed by atoms with Gasteiger partial charge in [0.05, 0.1) is 11.4 Å². The first-order valence-corrected chi connectivity index (χ1v) is 8.83. The van der Waals surface area contributed by atoms with Crippen LogP contribution in [0.5, 0.6) is 0 Å². The molecule has 2 aromatic carbocycles. The van der Waals surface area contributed by atoms with Crippen LogP contribution in [-0.4, -0.2) is 16.1 Å². The third kappa shape index (κ3) is 3.82. The lowest BCUT2D eigenvalue weighted by molar-refractivity contribution is 0.0935. The van der Waals surface area contributed by atoms with Gasteiger partial charge in [0.1, 0.15) is 0 Å². The van der Waals surface area contributed by atoms with Crippen molar-refractivity contribution < 1.29 is 4.79 Å². The summed E-state index contributed by atoms with van der Waals surface area (Å²) in [6, 6.07) is 15.1. The van der Waals surface area contributed by atoms with Crippen LogP contribution in [0.15, 0.2) is 53.3 Å². The molecule has 0 saturated heterocycles. The predicted octanol–water partition coefficient (Wildman–Crippen LogP) is 3.61. The average molecular weight is 349 g/mol. The second kappa shape index (κ2) is 7.52. The number of hydrogen-bond acceptors (Lipinski definition) is 3. The normalized spacial score (nSPS) is 12.3. The maximum absolute atomic E-state index is 12.7. The summed E-state index contributed by atoms with van der Waals surface area (Å²) in [6.45, 7) is 6.32. The van der Waals surface area contributed by atoms with Crippen LogP contribution in [0.2, 0.25) is 0 Å². The fourth-order valence-electron chi connectivity index (χ4n) is 3.05. The lowest BCUT2D eigenvalue weighted by Crippen LogP contribution is -2.29. The number of aromatic nitrogens is 2. The van der Waals surface area contributed by atoms with Gasteiger partial charge >= 0.3 is 0 Å². The summed E-state index contributed by atoms with van der Waals surface area (Å²) in [5, 5.41) is 10.3. The lowest BCUT2D eigenvalue weighted by Gasteiger charge is -2.15. The van der Waals surface area contributed by atoms with E-state index in [1.807, 2.05) is 19.1 Å². The van der Waals surface area contributed by atoms with Crippen molar-refractivity contribution >= 4 is 16.7 Å². The highest BCUT2D eigenvalue weighted by Gasteiger charge is 2.16. The number of benzene rings is 2. The number of nitrogens with zero attached hydrogens (tertiary/aromatic N) is 1. The number of aromatic amines is 1. The van der Waals surface area contributed by atoms with E-state index in [1.54, 1.807) is 24.3 Å². The Hall–Kier alpha value is -2.95. The van der Waals surface area contributed by atoms with E-state index in [4.69, 9.17) is 0 Å². The molecule has 0 saturated carbocycles. The van der Waals surface area contributed by atoms with Crippen molar-refractivity contribution in [2.75, 3.05) is 0 Å². The van der Waals surface area contributed by atoms with Crippen LogP contribution >= 0.6 is 0 Å². The van der Waals surface area contributed by atoms with Gasteiger partial charge in [-0.25, -0.2) is 5.10 Å². The molecule has 26 heavy (non-hydrogen) atoms. The second-order valence-electron chi connectivity index (χ2n) is 6.98. The number of H-pyrrole nitrogens is 1. The first-order chi connectivity index (χ1) is 12.5. The van der Waals surface area contributed by atoms with Crippen LogP contribution in [-0.2, 0) is 6.42 Å². The largest absolute Gasteiger partial charge is 0.344 e. The minimum atomic E-state index is -0.309. The summed E-state index contributed by atoms with van der Waals surface area (Å²) in [5.41, 5.74) is 2.24. The van der Waals surface area contributed by atoms with E-state index >= 15 is 0 Å². The maximum atomic E-state index is 12.7. The Morgan fingerprint density at radius 3 is 2.35 bits per heavy atom. The molecule has 0 fully saturated rings. The molecular formula is C21H23N3O2. The van der Waals surface area contributed by atoms with Crippen LogP contribution < -0.4 is 10.9 Å². The van der Waals surface area contributed by atoms with Crippen molar-refractivity contribution in [3.8, 4) is 0 Å². The van der Waals surface area contributed by atoms with Gasteiger partial charge < -0.3 is 5.32 Å². The van der Waals surface area contributed by atoms with Crippen molar-refractivity contribution in [2.24, 2.45) is 5.92 Å². The first kappa shape index (κ1) is 17.9. The van der Waals surface area contributed by atoms with Crippen LogP contribution in [0.25, 0.3) is 10.8 Å². The Balaban J connectivity index is 1.80. The number of rotatable bonds is 5. The highest BCUT2D eigenvalue weighted by molar-refractivity contribution is 6.04. The van der Waals surface area contributed by atoms with E-state index < -0.39 is 0 Å². The van der Waals surface area contributed by atoms with E-state index in [9.17, 15) is 9.59 Å². The third-order valence-electron chi connectivity index (χ3n) is 4.38. The number of carbonyl (C=O) groups excluding carboxylic acids is 1. The standard InChI is InChI=1S/C21H23N3O2/c1-13(2)12-15-8-10-16(11-9-15)14(3)22-21(26)19-17-6-4-5-7-18(17)20(25)24-23-19/h4-11,13-14H,12H2,1-3H3,(H,22,26)(H,24,25). The van der Waals surface area contributed by atoms with Gasteiger partial charge in [0.15, 0.2) is 5.69 Å². The molecule has 5 nitrogen and oxygen atoms in total. The zero-order valence-corrected chi connectivity index (χ0v) is 15.2. The van der Waals surface area contributed by atoms with Crippen molar-refractivity contribution in [3.05, 3.63) is 75.7 Å². The fraction of sp³-hybridized carbons (Fsp3) is 0.286. The summed E-state index contributed by atoms with van der Waals surface area (Å²) < 4.78 is 0. The molecule has 3 rings (SSSR count). The van der Waals surface area contributed by atoms with Crippen molar-refractivity contribution in [2.45, 2.75) is 33.2 Å². The maximum Gasteiger partial charge on any atom is 0.272 e. The van der Waals surface area contributed by atoms with Gasteiger partial charge in [-0.3, -0.25) is 9.59 Å². The van der Waals surface area contributed by atoms with E-state index in [2.05, 4.69) is 41.5 Å². The summed E-state index contributed by atoms with van der Waals surface area (Å²) in [4.78, 5) is 24.5. The molecule has 0 bridgehead atoms. The smallest absolute Gasteiger partial charge is 0.272 e. The lowest BCUT2D eigenvalue weighted by atomic mass is 10.00. The number of amides is 1. The van der Waals surface area contributed by atoms with Crippen LogP contribution in [0, 0.1) is 5.92 Å². The number of carbonyl (C=O) groups is 1. The van der Waals surface area contributed by atoms with Gasteiger partial charge in [-0.2, -0.15) is 5.10 Å². The molecule has 0 aliphatic rings. The highest BCUT2D eigenvalue weighted by Crippen LogP contribution is 2.17. The fourth-order valence-corrected chi connectivity index (χ4v) is 3.05. The topological polar surface area (TPSA) is 74.8 Å². The molecule has 1 unspecified atom stereocenters. The van der Waals surface area contributed by atoms with E-state index in [0.29, 0.717) is 16.7 Å². The molecule has 5 heteroatoms. The summed E-state index contributed by atoms with van der Waals surface area (Å²) in [5.74, 6) is 0.300. The van der Waals surface area contributed by atoms with Crippen molar-refractivity contribution in [3.63, 3.8) is 0 Å². The Labute approximate surface area is 152 Å². The van der Waals surface area contributed by atoms with E-state index in [1.165, 1.54) is 5.56 Å². The molecule has 1 heterocycles. The highest BCUT2D eigenvalue weighted by atomic mass is 16.2. The second-order valence-corrected chi connectivity index (χ2v) is 6.98. The third-order valence-corrected chi connectivity index (χ3v) is 4.38. The molecule has 1 aromatic heterocycles. The molecule has 0 spiro atoms. The Morgan fingerprint density at radius 2 is 1.69 bits per heavy atom. The molecule has 0 aliphatic carbocycles. The predicted molar refractivity (Wildman–Crippen MR) is 103 cm³/mol. The average Bonchev–Trinajstić information content (AvgIpc) is 2.62. The van der Waals surface area contributed by atoms with E-state index in [0.717, 1.165) is 12.0 Å².